The van der Waals surface area contributed by atoms with Gasteiger partial charge in [-0.1, -0.05) is 41.0 Å². The fraction of sp³-hybridized carbons (Fsp3) is 0.941. The van der Waals surface area contributed by atoms with Crippen LogP contribution in [0.3, 0.4) is 0 Å². The summed E-state index contributed by atoms with van der Waals surface area (Å²) in [6.07, 6.45) is 4.56. The molecule has 1 N–H and O–H groups in total. The van der Waals surface area contributed by atoms with Crippen LogP contribution < -0.4 is 0 Å². The van der Waals surface area contributed by atoms with Crippen LogP contribution in [-0.4, -0.2) is 23.8 Å². The molecule has 3 heteroatoms. The number of aliphatic hydroxyl groups is 1. The Morgan fingerprint density at radius 3 is 2.20 bits per heavy atom. The van der Waals surface area contributed by atoms with Crippen LogP contribution in [-0.2, 0) is 9.53 Å². The molecular formula is C17H32O3. The molecule has 0 heterocycles. The molecule has 3 nitrogen and oxygen atoms in total. The number of hydrogen-bond acceptors (Lipinski definition) is 3. The zero-order chi connectivity index (χ0) is 15.6. The van der Waals surface area contributed by atoms with Crippen LogP contribution in [0.2, 0.25) is 0 Å². The Morgan fingerprint density at radius 1 is 1.35 bits per heavy atom. The molecule has 0 saturated heterocycles. The van der Waals surface area contributed by atoms with Gasteiger partial charge < -0.3 is 9.84 Å². The van der Waals surface area contributed by atoms with E-state index in [2.05, 4.69) is 20.8 Å². The molecule has 0 bridgehead atoms. The summed E-state index contributed by atoms with van der Waals surface area (Å²) in [7, 11) is 1.41. The van der Waals surface area contributed by atoms with Crippen molar-refractivity contribution in [3.8, 4) is 0 Å². The molecule has 20 heavy (non-hydrogen) atoms. The average Bonchev–Trinajstić information content (AvgIpc) is 2.38. The predicted octanol–water partition coefficient (Wildman–Crippen LogP) is 3.79. The van der Waals surface area contributed by atoms with E-state index in [1.54, 1.807) is 0 Å². The second-order valence-corrected chi connectivity index (χ2v) is 7.46. The van der Waals surface area contributed by atoms with Crippen molar-refractivity contribution in [3.63, 3.8) is 0 Å². The Kier molecular flexibility index (Phi) is 5.65. The first-order chi connectivity index (χ1) is 9.18. The number of rotatable bonds is 5. The number of hydrogen-bond donors (Lipinski definition) is 1. The molecule has 1 rings (SSSR count). The lowest BCUT2D eigenvalue weighted by molar-refractivity contribution is -0.164. The smallest absolute Gasteiger partial charge is 0.311 e. The van der Waals surface area contributed by atoms with Crippen molar-refractivity contribution >= 4 is 5.97 Å². The highest BCUT2D eigenvalue weighted by atomic mass is 16.5. The minimum atomic E-state index is -0.887. The second-order valence-electron chi connectivity index (χ2n) is 7.46. The van der Waals surface area contributed by atoms with Crippen LogP contribution in [0.5, 0.6) is 0 Å². The van der Waals surface area contributed by atoms with E-state index >= 15 is 0 Å². The van der Waals surface area contributed by atoms with E-state index in [-0.39, 0.29) is 11.9 Å². The van der Waals surface area contributed by atoms with Gasteiger partial charge in [0.05, 0.1) is 18.6 Å². The number of methoxy groups -OCH3 is 1. The van der Waals surface area contributed by atoms with Crippen LogP contribution in [0, 0.1) is 23.2 Å². The van der Waals surface area contributed by atoms with E-state index in [0.717, 1.165) is 19.3 Å². The summed E-state index contributed by atoms with van der Waals surface area (Å²) >= 11 is 0. The Balaban J connectivity index is 2.81. The molecule has 0 aromatic heterocycles. The first-order valence-corrected chi connectivity index (χ1v) is 7.98. The van der Waals surface area contributed by atoms with Crippen LogP contribution >= 0.6 is 0 Å². The highest BCUT2D eigenvalue weighted by molar-refractivity contribution is 5.74. The predicted molar refractivity (Wildman–Crippen MR) is 81.3 cm³/mol. The molecule has 1 saturated carbocycles. The van der Waals surface area contributed by atoms with Crippen molar-refractivity contribution in [2.45, 2.75) is 72.3 Å². The summed E-state index contributed by atoms with van der Waals surface area (Å²) < 4.78 is 4.91. The lowest BCUT2D eigenvalue weighted by Gasteiger charge is -2.45. The zero-order valence-corrected chi connectivity index (χ0v) is 14.0. The van der Waals surface area contributed by atoms with E-state index < -0.39 is 11.5 Å². The normalized spacial score (nSPS) is 29.3. The van der Waals surface area contributed by atoms with Gasteiger partial charge in [0.15, 0.2) is 0 Å². The summed E-state index contributed by atoms with van der Waals surface area (Å²) in [5.41, 5.74) is -0.568. The monoisotopic (exact) mass is 284 g/mol. The lowest BCUT2D eigenvalue weighted by Crippen LogP contribution is -2.49. The van der Waals surface area contributed by atoms with E-state index in [9.17, 15) is 9.90 Å². The topological polar surface area (TPSA) is 46.5 Å². The van der Waals surface area contributed by atoms with E-state index in [1.165, 1.54) is 7.11 Å². The molecule has 0 radical (unpaired) electrons. The van der Waals surface area contributed by atoms with Crippen molar-refractivity contribution in [1.29, 1.82) is 0 Å². The van der Waals surface area contributed by atoms with Gasteiger partial charge in [0.1, 0.15) is 0 Å². The van der Waals surface area contributed by atoms with Gasteiger partial charge in [-0.2, -0.15) is 0 Å². The maximum atomic E-state index is 12.0. The molecule has 0 aliphatic heterocycles. The molecule has 0 aromatic rings. The van der Waals surface area contributed by atoms with Gasteiger partial charge in [0.2, 0.25) is 0 Å². The molecular weight excluding hydrogens is 252 g/mol. The minimum Gasteiger partial charge on any atom is -0.469 e. The van der Waals surface area contributed by atoms with Gasteiger partial charge >= 0.3 is 5.97 Å². The minimum absolute atomic E-state index is 0.100. The van der Waals surface area contributed by atoms with E-state index in [4.69, 9.17) is 4.74 Å². The third-order valence-corrected chi connectivity index (χ3v) is 5.57. The number of esters is 1. The summed E-state index contributed by atoms with van der Waals surface area (Å²) in [6.45, 7) is 10.8. The molecule has 1 atom stereocenters. The SMILES string of the molecule is CCC(C)(C)C1CCC(O)(C(C(=O)OC)C(C)C)CC1. The first-order valence-electron chi connectivity index (χ1n) is 7.98. The zero-order valence-electron chi connectivity index (χ0n) is 14.0. The lowest BCUT2D eigenvalue weighted by atomic mass is 9.62. The summed E-state index contributed by atoms with van der Waals surface area (Å²) in [5.74, 6) is 0.0651. The molecule has 1 fully saturated rings. The van der Waals surface area contributed by atoms with Crippen LogP contribution in [0.15, 0.2) is 0 Å². The fourth-order valence-electron chi connectivity index (χ4n) is 3.74. The molecule has 0 aromatic carbocycles. The number of carbonyl (C=O) groups is 1. The van der Waals surface area contributed by atoms with E-state index in [0.29, 0.717) is 24.2 Å². The molecule has 0 spiro atoms. The van der Waals surface area contributed by atoms with Crippen LogP contribution in [0.4, 0.5) is 0 Å². The average molecular weight is 284 g/mol. The van der Waals surface area contributed by atoms with Gasteiger partial charge in [-0.05, 0) is 42.9 Å². The Hall–Kier alpha value is -0.570. The largest absolute Gasteiger partial charge is 0.469 e. The first kappa shape index (κ1) is 17.5. The molecule has 0 amide bonds. The third-order valence-electron chi connectivity index (χ3n) is 5.57. The summed E-state index contributed by atoms with van der Waals surface area (Å²) in [6, 6.07) is 0. The van der Waals surface area contributed by atoms with Gasteiger partial charge in [0.25, 0.3) is 0 Å². The van der Waals surface area contributed by atoms with Crippen molar-refractivity contribution in [1.82, 2.24) is 0 Å². The van der Waals surface area contributed by atoms with Gasteiger partial charge in [-0.3, -0.25) is 4.79 Å². The summed E-state index contributed by atoms with van der Waals surface area (Å²) in [4.78, 5) is 12.0. The van der Waals surface area contributed by atoms with Crippen LogP contribution in [0.25, 0.3) is 0 Å². The molecule has 1 aliphatic rings. The maximum Gasteiger partial charge on any atom is 0.311 e. The Morgan fingerprint density at radius 2 is 1.85 bits per heavy atom. The Bertz CT molecular complexity index is 325. The standard InChI is InChI=1S/C17H32O3/c1-7-16(4,5)13-8-10-17(19,11-9-13)14(12(2)3)15(18)20-6/h12-14,19H,7-11H2,1-6H3. The van der Waals surface area contributed by atoms with Gasteiger partial charge in [-0.15, -0.1) is 0 Å². The van der Waals surface area contributed by atoms with Crippen molar-refractivity contribution in [2.24, 2.45) is 23.2 Å². The van der Waals surface area contributed by atoms with Gasteiger partial charge in [0, 0.05) is 0 Å². The Labute approximate surface area is 124 Å². The van der Waals surface area contributed by atoms with Crippen molar-refractivity contribution in [2.75, 3.05) is 7.11 Å². The van der Waals surface area contributed by atoms with E-state index in [1.807, 2.05) is 13.8 Å². The maximum absolute atomic E-state index is 12.0. The second kappa shape index (κ2) is 6.46. The van der Waals surface area contributed by atoms with Gasteiger partial charge in [-0.25, -0.2) is 0 Å². The number of carbonyl (C=O) groups excluding carboxylic acids is 1. The third kappa shape index (κ3) is 3.55. The summed E-state index contributed by atoms with van der Waals surface area (Å²) in [5, 5.41) is 11.0. The molecule has 1 aliphatic carbocycles. The van der Waals surface area contributed by atoms with Crippen molar-refractivity contribution in [3.05, 3.63) is 0 Å². The quantitative estimate of drug-likeness (QED) is 0.781. The molecule has 1 unspecified atom stereocenters. The highest BCUT2D eigenvalue weighted by Crippen LogP contribution is 2.47. The fourth-order valence-corrected chi connectivity index (χ4v) is 3.74. The highest BCUT2D eigenvalue weighted by Gasteiger charge is 2.47. The molecule has 118 valence electrons. The van der Waals surface area contributed by atoms with Crippen LogP contribution in [0.1, 0.15) is 66.7 Å². The van der Waals surface area contributed by atoms with Crippen molar-refractivity contribution < 1.29 is 14.6 Å². The number of ether oxygens (including phenoxy) is 1.